The van der Waals surface area contributed by atoms with Gasteiger partial charge in [-0.05, 0) is 43.3 Å². The van der Waals surface area contributed by atoms with Gasteiger partial charge in [-0.25, -0.2) is 9.38 Å². The highest BCUT2D eigenvalue weighted by Crippen LogP contribution is 2.20. The van der Waals surface area contributed by atoms with Crippen LogP contribution in [0.2, 0.25) is 0 Å². The summed E-state index contributed by atoms with van der Waals surface area (Å²) in [5, 5.41) is 0. The monoisotopic (exact) mass is 258 g/mol. The van der Waals surface area contributed by atoms with Crippen LogP contribution in [0.25, 0.3) is 0 Å². The third-order valence-electron chi connectivity index (χ3n) is 2.52. The van der Waals surface area contributed by atoms with E-state index in [1.165, 1.54) is 12.1 Å². The van der Waals surface area contributed by atoms with E-state index in [1.54, 1.807) is 18.2 Å². The molecule has 2 rings (SSSR count). The van der Waals surface area contributed by atoms with Gasteiger partial charge in [0.2, 0.25) is 0 Å². The van der Waals surface area contributed by atoms with Crippen molar-refractivity contribution in [2.45, 2.75) is 6.92 Å². The smallest absolute Gasteiger partial charge is 0.131 e. The van der Waals surface area contributed by atoms with E-state index in [0.29, 0.717) is 23.7 Å². The molecule has 0 radical (unpaired) electrons. The number of hydrogen-bond donors (Lipinski definition) is 1. The molecule has 4 heteroatoms. The van der Waals surface area contributed by atoms with Crippen LogP contribution in [-0.4, -0.2) is 12.4 Å². The van der Waals surface area contributed by atoms with E-state index in [0.717, 1.165) is 5.75 Å². The molecule has 0 heterocycles. The summed E-state index contributed by atoms with van der Waals surface area (Å²) in [5.41, 5.74) is 7.27. The van der Waals surface area contributed by atoms with Crippen LogP contribution < -0.4 is 10.5 Å². The number of aliphatic imine (C=N–C) groups is 1. The Morgan fingerprint density at radius 2 is 1.95 bits per heavy atom. The van der Waals surface area contributed by atoms with Gasteiger partial charge in [-0.3, -0.25) is 0 Å². The number of nitrogens with two attached hydrogens (primary N) is 1. The van der Waals surface area contributed by atoms with Gasteiger partial charge in [-0.1, -0.05) is 6.07 Å². The lowest BCUT2D eigenvalue weighted by Gasteiger charge is -2.04. The molecule has 19 heavy (non-hydrogen) atoms. The predicted octanol–water partition coefficient (Wildman–Crippen LogP) is 3.26. The molecule has 0 bridgehead atoms. The minimum Gasteiger partial charge on any atom is -0.494 e. The first-order valence-electron chi connectivity index (χ1n) is 6.02. The lowest BCUT2D eigenvalue weighted by atomic mass is 10.2. The average Bonchev–Trinajstić information content (AvgIpc) is 2.40. The van der Waals surface area contributed by atoms with Gasteiger partial charge in [-0.2, -0.15) is 0 Å². The van der Waals surface area contributed by atoms with Gasteiger partial charge in [-0.15, -0.1) is 0 Å². The molecule has 0 aromatic heterocycles. The van der Waals surface area contributed by atoms with E-state index < -0.39 is 0 Å². The molecule has 0 aliphatic rings. The van der Waals surface area contributed by atoms with Crippen molar-refractivity contribution in [3.05, 3.63) is 59.9 Å². The van der Waals surface area contributed by atoms with Crippen LogP contribution in [0.1, 0.15) is 12.5 Å². The lowest BCUT2D eigenvalue weighted by Crippen LogP contribution is -2.12. The van der Waals surface area contributed by atoms with E-state index in [4.69, 9.17) is 10.5 Å². The van der Waals surface area contributed by atoms with Crippen LogP contribution >= 0.6 is 0 Å². The SMILES string of the molecule is CCOc1cccc(N=C(N)c2ccc(F)cc2)c1. The quantitative estimate of drug-likeness (QED) is 0.676. The first-order chi connectivity index (χ1) is 9.19. The van der Waals surface area contributed by atoms with E-state index in [9.17, 15) is 4.39 Å². The molecule has 0 fully saturated rings. The number of amidine groups is 1. The van der Waals surface area contributed by atoms with Crippen molar-refractivity contribution in [2.24, 2.45) is 10.7 Å². The molecular weight excluding hydrogens is 243 g/mol. The Balaban J connectivity index is 2.24. The van der Waals surface area contributed by atoms with Crippen molar-refractivity contribution in [1.29, 1.82) is 0 Å². The summed E-state index contributed by atoms with van der Waals surface area (Å²) in [4.78, 5) is 4.29. The zero-order valence-corrected chi connectivity index (χ0v) is 10.6. The topological polar surface area (TPSA) is 47.6 Å². The van der Waals surface area contributed by atoms with Crippen molar-refractivity contribution in [2.75, 3.05) is 6.61 Å². The molecule has 0 saturated carbocycles. The summed E-state index contributed by atoms with van der Waals surface area (Å²) < 4.78 is 18.2. The number of hydrogen-bond acceptors (Lipinski definition) is 2. The highest BCUT2D eigenvalue weighted by atomic mass is 19.1. The van der Waals surface area contributed by atoms with Crippen LogP contribution in [0.15, 0.2) is 53.5 Å². The third-order valence-corrected chi connectivity index (χ3v) is 2.52. The Labute approximate surface area is 111 Å². The molecule has 0 aliphatic carbocycles. The van der Waals surface area contributed by atoms with Crippen LogP contribution in [0.3, 0.4) is 0 Å². The molecule has 0 saturated heterocycles. The Morgan fingerprint density at radius 1 is 1.21 bits per heavy atom. The van der Waals surface area contributed by atoms with Crippen LogP contribution in [0.5, 0.6) is 5.75 Å². The summed E-state index contributed by atoms with van der Waals surface area (Å²) in [6, 6.07) is 13.3. The summed E-state index contributed by atoms with van der Waals surface area (Å²) in [5.74, 6) is 0.791. The molecule has 0 aliphatic heterocycles. The van der Waals surface area contributed by atoms with Gasteiger partial charge < -0.3 is 10.5 Å². The number of benzene rings is 2. The normalized spacial score (nSPS) is 11.4. The minimum absolute atomic E-state index is 0.296. The van der Waals surface area contributed by atoms with Gasteiger partial charge >= 0.3 is 0 Å². The zero-order valence-electron chi connectivity index (χ0n) is 10.6. The van der Waals surface area contributed by atoms with Crippen molar-refractivity contribution in [1.82, 2.24) is 0 Å². The third kappa shape index (κ3) is 3.55. The second-order valence-corrected chi connectivity index (χ2v) is 3.93. The van der Waals surface area contributed by atoms with Crippen molar-refractivity contribution in [3.63, 3.8) is 0 Å². The number of nitrogens with zero attached hydrogens (tertiary/aromatic N) is 1. The molecule has 2 aromatic carbocycles. The summed E-state index contributed by atoms with van der Waals surface area (Å²) in [6.07, 6.45) is 0. The summed E-state index contributed by atoms with van der Waals surface area (Å²) >= 11 is 0. The fourth-order valence-electron chi connectivity index (χ4n) is 1.63. The maximum atomic E-state index is 12.8. The Morgan fingerprint density at radius 3 is 2.63 bits per heavy atom. The Hall–Kier alpha value is -2.36. The van der Waals surface area contributed by atoms with Gasteiger partial charge in [0, 0.05) is 11.6 Å². The van der Waals surface area contributed by atoms with E-state index in [2.05, 4.69) is 4.99 Å². The number of halogens is 1. The predicted molar refractivity (Wildman–Crippen MR) is 74.4 cm³/mol. The summed E-state index contributed by atoms with van der Waals surface area (Å²) in [7, 11) is 0. The minimum atomic E-state index is -0.296. The standard InChI is InChI=1S/C15H15FN2O/c1-2-19-14-5-3-4-13(10-14)18-15(17)11-6-8-12(16)9-7-11/h3-10H,2H2,1H3,(H2,17,18). The van der Waals surface area contributed by atoms with Crippen LogP contribution in [0.4, 0.5) is 10.1 Å². The molecule has 3 nitrogen and oxygen atoms in total. The van der Waals surface area contributed by atoms with Gasteiger partial charge in [0.15, 0.2) is 0 Å². The number of rotatable bonds is 4. The fourth-order valence-corrected chi connectivity index (χ4v) is 1.63. The van der Waals surface area contributed by atoms with Gasteiger partial charge in [0.05, 0.1) is 12.3 Å². The molecule has 2 N–H and O–H groups in total. The van der Waals surface area contributed by atoms with Crippen molar-refractivity contribution >= 4 is 11.5 Å². The zero-order chi connectivity index (χ0) is 13.7. The highest BCUT2D eigenvalue weighted by molar-refractivity contribution is 5.99. The molecule has 0 atom stereocenters. The first-order valence-corrected chi connectivity index (χ1v) is 6.02. The first kappa shape index (κ1) is 13.1. The molecule has 0 unspecified atom stereocenters. The van der Waals surface area contributed by atoms with Gasteiger partial charge in [0.25, 0.3) is 0 Å². The Kier molecular flexibility index (Phi) is 4.13. The van der Waals surface area contributed by atoms with E-state index >= 15 is 0 Å². The van der Waals surface area contributed by atoms with E-state index in [-0.39, 0.29) is 5.82 Å². The fraction of sp³-hybridized carbons (Fsp3) is 0.133. The molecule has 0 amide bonds. The van der Waals surface area contributed by atoms with Crippen LogP contribution in [0, 0.1) is 5.82 Å². The second kappa shape index (κ2) is 6.00. The van der Waals surface area contributed by atoms with Gasteiger partial charge in [0.1, 0.15) is 17.4 Å². The molecule has 98 valence electrons. The summed E-state index contributed by atoms with van der Waals surface area (Å²) in [6.45, 7) is 2.52. The lowest BCUT2D eigenvalue weighted by molar-refractivity contribution is 0.340. The maximum Gasteiger partial charge on any atom is 0.131 e. The second-order valence-electron chi connectivity index (χ2n) is 3.93. The molecular formula is C15H15FN2O. The largest absolute Gasteiger partial charge is 0.494 e. The maximum absolute atomic E-state index is 12.8. The highest BCUT2D eigenvalue weighted by Gasteiger charge is 2.00. The average molecular weight is 258 g/mol. The molecule has 0 spiro atoms. The molecule has 2 aromatic rings. The number of ether oxygens (including phenoxy) is 1. The Bertz CT molecular complexity index is 579. The van der Waals surface area contributed by atoms with Crippen LogP contribution in [-0.2, 0) is 0 Å². The van der Waals surface area contributed by atoms with E-state index in [1.807, 2.05) is 25.1 Å². The van der Waals surface area contributed by atoms with Crippen molar-refractivity contribution in [3.8, 4) is 5.75 Å². The van der Waals surface area contributed by atoms with Crippen molar-refractivity contribution < 1.29 is 9.13 Å².